The molecule has 0 fully saturated rings. The van der Waals surface area contributed by atoms with E-state index in [1.807, 2.05) is 54.4 Å². The fourth-order valence-corrected chi connectivity index (χ4v) is 5.54. The Morgan fingerprint density at radius 1 is 0.947 bits per heavy atom. The van der Waals surface area contributed by atoms with Gasteiger partial charge in [0.25, 0.3) is 11.5 Å². The van der Waals surface area contributed by atoms with Gasteiger partial charge in [-0.25, -0.2) is 5.10 Å². The lowest BCUT2D eigenvalue weighted by Gasteiger charge is -2.35. The highest BCUT2D eigenvalue weighted by Gasteiger charge is 2.35. The second-order valence-electron chi connectivity index (χ2n) is 9.95. The number of rotatable bonds is 9. The van der Waals surface area contributed by atoms with Gasteiger partial charge in [-0.05, 0) is 60.8 Å². The number of nitrogens with one attached hydrogen (secondary N) is 3. The van der Waals surface area contributed by atoms with E-state index in [9.17, 15) is 9.59 Å². The van der Waals surface area contributed by atoms with Gasteiger partial charge in [0.2, 0.25) is 0 Å². The Morgan fingerprint density at radius 2 is 1.63 bits per heavy atom. The lowest BCUT2D eigenvalue weighted by Crippen LogP contribution is -2.32. The first kappa shape index (κ1) is 25.7. The number of amides is 1. The third kappa shape index (κ3) is 4.82. The maximum atomic E-state index is 13.2. The van der Waals surface area contributed by atoms with Crippen LogP contribution in [0, 0.1) is 0 Å². The van der Waals surface area contributed by atoms with Gasteiger partial charge in [0.05, 0.1) is 23.0 Å². The number of H-pyrrole nitrogens is 1. The molecule has 0 saturated carbocycles. The van der Waals surface area contributed by atoms with Crippen molar-refractivity contribution in [3.8, 4) is 0 Å². The van der Waals surface area contributed by atoms with E-state index in [1.165, 1.54) is 5.56 Å². The number of anilines is 1. The highest BCUT2D eigenvalue weighted by atomic mass is 16.2. The van der Waals surface area contributed by atoms with Gasteiger partial charge in [-0.15, -0.1) is 0 Å². The second-order valence-corrected chi connectivity index (χ2v) is 9.95. The molecule has 1 amide bonds. The molecule has 4 aromatic rings. The maximum Gasteiger partial charge on any atom is 0.272 e. The first-order valence-electron chi connectivity index (χ1n) is 13.5. The largest absolute Gasteiger partial charge is 0.377 e. The van der Waals surface area contributed by atoms with Crippen molar-refractivity contribution in [2.45, 2.75) is 45.2 Å². The normalized spacial score (nSPS) is 16.3. The van der Waals surface area contributed by atoms with Crippen molar-refractivity contribution < 1.29 is 4.79 Å². The van der Waals surface area contributed by atoms with E-state index in [0.29, 0.717) is 10.9 Å². The average molecular weight is 510 g/mol. The number of benzene rings is 3. The molecule has 2 atom stereocenters. The van der Waals surface area contributed by atoms with Crippen molar-refractivity contribution in [3.63, 3.8) is 0 Å². The van der Waals surface area contributed by atoms with E-state index >= 15 is 0 Å². The van der Waals surface area contributed by atoms with Crippen LogP contribution in [0.3, 0.4) is 0 Å². The molecule has 2 unspecified atom stereocenters. The fourth-order valence-electron chi connectivity index (χ4n) is 5.54. The molecule has 0 aliphatic carbocycles. The lowest BCUT2D eigenvalue weighted by atomic mass is 9.79. The molecule has 1 aliphatic heterocycles. The van der Waals surface area contributed by atoms with Crippen LogP contribution in [0.4, 0.5) is 5.69 Å². The number of carbonyl (C=O) groups excluding carboxylic acids is 1. The maximum absolute atomic E-state index is 13.2. The predicted molar refractivity (Wildman–Crippen MR) is 153 cm³/mol. The molecule has 7 heteroatoms. The quantitative estimate of drug-likeness (QED) is 0.288. The molecular weight excluding hydrogens is 474 g/mol. The van der Waals surface area contributed by atoms with Crippen LogP contribution in [0.15, 0.2) is 71.5 Å². The summed E-state index contributed by atoms with van der Waals surface area (Å²) in [7, 11) is 1.94. The Bertz CT molecular complexity index is 1470. The summed E-state index contributed by atoms with van der Waals surface area (Å²) in [5.41, 5.74) is 5.59. The number of hydrogen-bond donors (Lipinski definition) is 3. The Morgan fingerprint density at radius 3 is 2.29 bits per heavy atom. The molecule has 0 saturated heterocycles. The summed E-state index contributed by atoms with van der Waals surface area (Å²) >= 11 is 0. The summed E-state index contributed by atoms with van der Waals surface area (Å²) in [6.07, 6.45) is 1.86. The van der Waals surface area contributed by atoms with Crippen molar-refractivity contribution >= 4 is 22.4 Å². The van der Waals surface area contributed by atoms with Gasteiger partial charge < -0.3 is 15.5 Å². The van der Waals surface area contributed by atoms with Crippen LogP contribution in [-0.2, 0) is 6.54 Å². The minimum atomic E-state index is -0.200. The Kier molecular flexibility index (Phi) is 7.56. The molecule has 1 aliphatic rings. The summed E-state index contributed by atoms with van der Waals surface area (Å²) in [6.45, 7) is 6.49. The van der Waals surface area contributed by atoms with Crippen LogP contribution in [0.1, 0.15) is 71.4 Å². The molecule has 196 valence electrons. The summed E-state index contributed by atoms with van der Waals surface area (Å²) < 4.78 is 0. The molecule has 3 N–H and O–H groups in total. The molecule has 0 spiro atoms. The van der Waals surface area contributed by atoms with Gasteiger partial charge in [0.15, 0.2) is 0 Å². The van der Waals surface area contributed by atoms with Gasteiger partial charge in [-0.3, -0.25) is 9.59 Å². The average Bonchev–Trinajstić information content (AvgIpc) is 2.95. The highest BCUT2D eigenvalue weighted by Crippen LogP contribution is 2.46. The minimum Gasteiger partial charge on any atom is -0.377 e. The van der Waals surface area contributed by atoms with Crippen molar-refractivity contribution in [1.29, 1.82) is 0 Å². The SMILES string of the molecule is CCCN(CCC)C(=O)c1ccc(C2c3n[nH]c(=O)c4cccc(c34)NC2c2ccc(CNC)cc2)cc1. The van der Waals surface area contributed by atoms with Crippen LogP contribution >= 0.6 is 0 Å². The third-order valence-corrected chi connectivity index (χ3v) is 7.29. The van der Waals surface area contributed by atoms with Gasteiger partial charge in [0.1, 0.15) is 0 Å². The second kappa shape index (κ2) is 11.2. The summed E-state index contributed by atoms with van der Waals surface area (Å²) in [5, 5.41) is 15.7. The van der Waals surface area contributed by atoms with Crippen molar-refractivity contribution in [1.82, 2.24) is 20.4 Å². The number of aromatic nitrogens is 2. The van der Waals surface area contributed by atoms with Crippen LogP contribution in [-0.4, -0.2) is 41.1 Å². The number of hydrogen-bond acceptors (Lipinski definition) is 5. The van der Waals surface area contributed by atoms with E-state index in [-0.39, 0.29) is 23.4 Å². The first-order chi connectivity index (χ1) is 18.5. The van der Waals surface area contributed by atoms with Crippen molar-refractivity contribution in [3.05, 3.63) is 105 Å². The highest BCUT2D eigenvalue weighted by molar-refractivity contribution is 5.97. The zero-order valence-electron chi connectivity index (χ0n) is 22.3. The molecule has 0 bridgehead atoms. The van der Waals surface area contributed by atoms with Crippen LogP contribution < -0.4 is 16.2 Å². The zero-order chi connectivity index (χ0) is 26.6. The number of aromatic amines is 1. The van der Waals surface area contributed by atoms with E-state index in [0.717, 1.165) is 60.4 Å². The predicted octanol–water partition coefficient (Wildman–Crippen LogP) is 5.20. The summed E-state index contributed by atoms with van der Waals surface area (Å²) in [5.74, 6) is -0.0977. The van der Waals surface area contributed by atoms with Gasteiger partial charge in [0, 0.05) is 36.3 Å². The number of carbonyl (C=O) groups is 1. The first-order valence-corrected chi connectivity index (χ1v) is 13.5. The summed E-state index contributed by atoms with van der Waals surface area (Å²) in [4.78, 5) is 27.7. The zero-order valence-corrected chi connectivity index (χ0v) is 22.3. The molecule has 7 nitrogen and oxygen atoms in total. The van der Waals surface area contributed by atoms with Crippen molar-refractivity contribution in [2.24, 2.45) is 0 Å². The molecule has 2 heterocycles. The topological polar surface area (TPSA) is 90.1 Å². The molecular formula is C31H35N5O2. The number of nitrogens with zero attached hydrogens (tertiary/aromatic N) is 2. The molecule has 1 aromatic heterocycles. The fraction of sp³-hybridized carbons (Fsp3) is 0.323. The molecule has 3 aromatic carbocycles. The van der Waals surface area contributed by atoms with E-state index in [1.54, 1.807) is 0 Å². The molecule has 5 rings (SSSR count). The summed E-state index contributed by atoms with van der Waals surface area (Å²) in [6, 6.07) is 22.1. The van der Waals surface area contributed by atoms with E-state index < -0.39 is 0 Å². The Labute approximate surface area is 223 Å². The Balaban J connectivity index is 1.59. The van der Waals surface area contributed by atoms with Gasteiger partial charge >= 0.3 is 0 Å². The smallest absolute Gasteiger partial charge is 0.272 e. The van der Waals surface area contributed by atoms with Crippen LogP contribution in [0.5, 0.6) is 0 Å². The van der Waals surface area contributed by atoms with Gasteiger partial charge in [-0.2, -0.15) is 5.10 Å². The Hall–Kier alpha value is -3.97. The van der Waals surface area contributed by atoms with Crippen molar-refractivity contribution in [2.75, 3.05) is 25.5 Å². The third-order valence-electron chi connectivity index (χ3n) is 7.29. The lowest BCUT2D eigenvalue weighted by molar-refractivity contribution is 0.0755. The molecule has 0 radical (unpaired) electrons. The van der Waals surface area contributed by atoms with E-state index in [4.69, 9.17) is 0 Å². The van der Waals surface area contributed by atoms with Crippen LogP contribution in [0.2, 0.25) is 0 Å². The molecule has 38 heavy (non-hydrogen) atoms. The van der Waals surface area contributed by atoms with E-state index in [2.05, 4.69) is 58.9 Å². The standard InChI is InChI=1S/C31H35N5O2/c1-4-17-36(18-5-2)31(38)23-15-13-21(14-16-23)26-28(22-11-9-20(10-12-22)19-32-3)33-25-8-6-7-24-27(25)29(26)34-35-30(24)37/h6-16,26,28,32-33H,4-5,17-19H2,1-3H3,(H,35,37). The van der Waals surface area contributed by atoms with Crippen LogP contribution in [0.25, 0.3) is 10.8 Å². The van der Waals surface area contributed by atoms with Gasteiger partial charge in [-0.1, -0.05) is 56.3 Å². The minimum absolute atomic E-state index is 0.0635. The monoisotopic (exact) mass is 509 g/mol.